The van der Waals surface area contributed by atoms with Gasteiger partial charge < -0.3 is 0 Å². The minimum Gasteiger partial charge on any atom is -0.299 e. The van der Waals surface area contributed by atoms with E-state index in [0.717, 1.165) is 12.0 Å². The lowest BCUT2D eigenvalue weighted by molar-refractivity contribution is -0.120. The van der Waals surface area contributed by atoms with Crippen LogP contribution in [-0.4, -0.2) is 5.78 Å². The van der Waals surface area contributed by atoms with Gasteiger partial charge in [-0.1, -0.05) is 82.3 Å². The molecule has 0 saturated heterocycles. The van der Waals surface area contributed by atoms with Crippen molar-refractivity contribution >= 4 is 5.78 Å². The normalized spacial score (nSPS) is 13.8. The first kappa shape index (κ1) is 17.5. The number of hydrogen-bond donors (Lipinski definition) is 0. The minimum atomic E-state index is -0.0331. The molecule has 0 aliphatic heterocycles. The molecule has 0 aromatic heterocycles. The molecule has 0 fully saturated rings. The second-order valence-electron chi connectivity index (χ2n) is 7.04. The van der Waals surface area contributed by atoms with Crippen molar-refractivity contribution < 1.29 is 4.79 Å². The van der Waals surface area contributed by atoms with Crippen LogP contribution in [0.15, 0.2) is 54.6 Å². The SMILES string of the molecule is CC(C)Cc1ccc([C@H](C)C(=O)C[C@H](C)c2ccccc2)cc1. The van der Waals surface area contributed by atoms with Gasteiger partial charge >= 0.3 is 0 Å². The Morgan fingerprint density at radius 1 is 0.826 bits per heavy atom. The molecule has 0 spiro atoms. The first-order valence-corrected chi connectivity index (χ1v) is 8.64. The molecule has 0 aliphatic carbocycles. The lowest BCUT2D eigenvalue weighted by Gasteiger charge is -2.16. The van der Waals surface area contributed by atoms with Gasteiger partial charge in [0.1, 0.15) is 5.78 Å². The van der Waals surface area contributed by atoms with Gasteiger partial charge in [0.2, 0.25) is 0 Å². The number of rotatable bonds is 7. The number of benzene rings is 2. The van der Waals surface area contributed by atoms with E-state index in [9.17, 15) is 4.79 Å². The summed E-state index contributed by atoms with van der Waals surface area (Å²) in [6.07, 6.45) is 1.69. The predicted octanol–water partition coefficient (Wildman–Crippen LogP) is 5.75. The van der Waals surface area contributed by atoms with Gasteiger partial charge in [-0.15, -0.1) is 0 Å². The molecule has 0 radical (unpaired) electrons. The lowest BCUT2D eigenvalue weighted by atomic mass is 9.87. The first-order valence-electron chi connectivity index (χ1n) is 8.64. The molecule has 0 aliphatic rings. The maximum atomic E-state index is 12.6. The van der Waals surface area contributed by atoms with Gasteiger partial charge in [0.25, 0.3) is 0 Å². The molecular formula is C22H28O. The average molecular weight is 308 g/mol. The molecule has 23 heavy (non-hydrogen) atoms. The fourth-order valence-corrected chi connectivity index (χ4v) is 2.98. The Balaban J connectivity index is 1.99. The van der Waals surface area contributed by atoms with E-state index in [4.69, 9.17) is 0 Å². The van der Waals surface area contributed by atoms with Crippen LogP contribution < -0.4 is 0 Å². The third kappa shape index (κ3) is 5.06. The van der Waals surface area contributed by atoms with Crippen molar-refractivity contribution in [3.63, 3.8) is 0 Å². The van der Waals surface area contributed by atoms with Crippen LogP contribution in [-0.2, 0) is 11.2 Å². The van der Waals surface area contributed by atoms with Crippen molar-refractivity contribution in [2.24, 2.45) is 5.92 Å². The Morgan fingerprint density at radius 2 is 1.43 bits per heavy atom. The van der Waals surface area contributed by atoms with Crippen molar-refractivity contribution in [1.82, 2.24) is 0 Å². The lowest BCUT2D eigenvalue weighted by Crippen LogP contribution is -2.12. The Bertz CT molecular complexity index is 610. The largest absolute Gasteiger partial charge is 0.299 e. The zero-order valence-electron chi connectivity index (χ0n) is 14.8. The van der Waals surface area contributed by atoms with Gasteiger partial charge in [-0.2, -0.15) is 0 Å². The topological polar surface area (TPSA) is 17.1 Å². The molecule has 2 atom stereocenters. The predicted molar refractivity (Wildman–Crippen MR) is 97.9 cm³/mol. The maximum absolute atomic E-state index is 12.6. The van der Waals surface area contributed by atoms with Gasteiger partial charge in [-0.25, -0.2) is 0 Å². The minimum absolute atomic E-state index is 0.0331. The zero-order valence-corrected chi connectivity index (χ0v) is 14.8. The summed E-state index contributed by atoms with van der Waals surface area (Å²) in [7, 11) is 0. The summed E-state index contributed by atoms with van der Waals surface area (Å²) in [6, 6.07) is 18.9. The van der Waals surface area contributed by atoms with Gasteiger partial charge in [0.15, 0.2) is 0 Å². The van der Waals surface area contributed by atoms with Crippen LogP contribution >= 0.6 is 0 Å². The summed E-state index contributed by atoms with van der Waals surface area (Å²) >= 11 is 0. The first-order chi connectivity index (χ1) is 11.0. The molecule has 0 bridgehead atoms. The molecule has 2 aromatic rings. The second kappa shape index (κ2) is 8.10. The molecule has 0 heterocycles. The standard InChI is InChI=1S/C22H28O/c1-16(2)14-19-10-12-21(13-11-19)18(4)22(23)15-17(3)20-8-6-5-7-9-20/h5-13,16-18H,14-15H2,1-4H3/t17-,18-/m0/s1. The summed E-state index contributed by atoms with van der Waals surface area (Å²) in [6.45, 7) is 8.61. The van der Waals surface area contributed by atoms with Gasteiger partial charge in [-0.05, 0) is 34.9 Å². The highest BCUT2D eigenvalue weighted by molar-refractivity contribution is 5.86. The van der Waals surface area contributed by atoms with E-state index < -0.39 is 0 Å². The van der Waals surface area contributed by atoms with Gasteiger partial charge in [0, 0.05) is 12.3 Å². The van der Waals surface area contributed by atoms with Crippen LogP contribution in [0, 0.1) is 5.92 Å². The van der Waals surface area contributed by atoms with Gasteiger partial charge in [-0.3, -0.25) is 4.79 Å². The van der Waals surface area contributed by atoms with E-state index in [-0.39, 0.29) is 11.8 Å². The van der Waals surface area contributed by atoms with Crippen molar-refractivity contribution in [3.05, 3.63) is 71.3 Å². The van der Waals surface area contributed by atoms with E-state index in [1.807, 2.05) is 25.1 Å². The summed E-state index contributed by atoms with van der Waals surface area (Å²) in [5.74, 6) is 1.21. The number of Topliss-reactive ketones (excluding diaryl/α,β-unsaturated/α-hetero) is 1. The number of carbonyl (C=O) groups is 1. The fraction of sp³-hybridized carbons (Fsp3) is 0.409. The van der Waals surface area contributed by atoms with Crippen LogP contribution in [0.1, 0.15) is 62.6 Å². The molecule has 0 amide bonds. The van der Waals surface area contributed by atoms with E-state index in [2.05, 4.69) is 57.2 Å². The smallest absolute Gasteiger partial charge is 0.140 e. The van der Waals surface area contributed by atoms with E-state index in [1.165, 1.54) is 11.1 Å². The summed E-state index contributed by atoms with van der Waals surface area (Å²) in [4.78, 5) is 12.6. The fourth-order valence-electron chi connectivity index (χ4n) is 2.98. The molecule has 0 unspecified atom stereocenters. The second-order valence-corrected chi connectivity index (χ2v) is 7.04. The van der Waals surface area contributed by atoms with E-state index >= 15 is 0 Å². The zero-order chi connectivity index (χ0) is 16.8. The molecule has 0 saturated carbocycles. The maximum Gasteiger partial charge on any atom is 0.140 e. The van der Waals surface area contributed by atoms with Crippen molar-refractivity contribution in [2.75, 3.05) is 0 Å². The van der Waals surface area contributed by atoms with Crippen molar-refractivity contribution in [1.29, 1.82) is 0 Å². The van der Waals surface area contributed by atoms with Crippen LogP contribution in [0.3, 0.4) is 0 Å². The Kier molecular flexibility index (Phi) is 6.15. The quantitative estimate of drug-likeness (QED) is 0.636. The summed E-state index contributed by atoms with van der Waals surface area (Å²) < 4.78 is 0. The van der Waals surface area contributed by atoms with Gasteiger partial charge in [0.05, 0.1) is 0 Å². The Hall–Kier alpha value is -1.89. The van der Waals surface area contributed by atoms with E-state index in [0.29, 0.717) is 18.1 Å². The Morgan fingerprint density at radius 3 is 2.00 bits per heavy atom. The van der Waals surface area contributed by atoms with E-state index in [1.54, 1.807) is 0 Å². The van der Waals surface area contributed by atoms with Crippen LogP contribution in [0.2, 0.25) is 0 Å². The number of hydrogen-bond acceptors (Lipinski definition) is 1. The monoisotopic (exact) mass is 308 g/mol. The molecule has 2 rings (SSSR count). The third-order valence-corrected chi connectivity index (χ3v) is 4.48. The molecule has 1 heteroatoms. The summed E-state index contributed by atoms with van der Waals surface area (Å²) in [5.41, 5.74) is 3.71. The van der Waals surface area contributed by atoms with Crippen LogP contribution in [0.25, 0.3) is 0 Å². The average Bonchev–Trinajstić information content (AvgIpc) is 2.55. The Labute approximate surface area is 140 Å². The highest BCUT2D eigenvalue weighted by Gasteiger charge is 2.18. The number of carbonyl (C=O) groups excluding carboxylic acids is 1. The van der Waals surface area contributed by atoms with Crippen molar-refractivity contribution in [2.45, 2.75) is 52.4 Å². The molecular weight excluding hydrogens is 280 g/mol. The molecule has 2 aromatic carbocycles. The molecule has 122 valence electrons. The number of ketones is 1. The van der Waals surface area contributed by atoms with Crippen LogP contribution in [0.5, 0.6) is 0 Å². The highest BCUT2D eigenvalue weighted by atomic mass is 16.1. The van der Waals surface area contributed by atoms with Crippen molar-refractivity contribution in [3.8, 4) is 0 Å². The third-order valence-electron chi connectivity index (χ3n) is 4.48. The molecule has 1 nitrogen and oxygen atoms in total. The molecule has 0 N–H and O–H groups in total. The van der Waals surface area contributed by atoms with Crippen LogP contribution in [0.4, 0.5) is 0 Å². The summed E-state index contributed by atoms with van der Waals surface area (Å²) in [5, 5.41) is 0. The highest BCUT2D eigenvalue weighted by Crippen LogP contribution is 2.25.